The monoisotopic (exact) mass is 152 g/mol. The lowest BCUT2D eigenvalue weighted by atomic mass is 10.2. The van der Waals surface area contributed by atoms with Crippen LogP contribution in [0.5, 0.6) is 0 Å². The van der Waals surface area contributed by atoms with Crippen LogP contribution in [-0.4, -0.2) is 16.9 Å². The Bertz CT molecular complexity index is 199. The smallest absolute Gasteiger partial charge is 0.0436 e. The molecule has 1 aromatic rings. The molecule has 0 amide bonds. The van der Waals surface area contributed by atoms with Crippen LogP contribution < -0.4 is 5.84 Å². The van der Waals surface area contributed by atoms with Gasteiger partial charge in [-0.25, -0.2) is 5.84 Å². The Labute approximate surface area is 66.0 Å². The maximum Gasteiger partial charge on any atom is 0.0436 e. The molecule has 3 nitrogen and oxygen atoms in total. The van der Waals surface area contributed by atoms with E-state index >= 15 is 0 Å². The zero-order valence-electron chi connectivity index (χ0n) is 6.27. The molecule has 60 valence electrons. The minimum atomic E-state index is 0.462. The lowest BCUT2D eigenvalue weighted by Gasteiger charge is -2.06. The molecule has 1 aromatic carbocycles. The van der Waals surface area contributed by atoms with Crippen molar-refractivity contribution >= 4 is 0 Å². The second-order valence-electron chi connectivity index (χ2n) is 2.40. The summed E-state index contributed by atoms with van der Waals surface area (Å²) >= 11 is 0. The highest BCUT2D eigenvalue weighted by atomic mass is 16.5. The number of rotatable bonds is 3. The molecule has 0 aliphatic carbocycles. The van der Waals surface area contributed by atoms with Crippen molar-refractivity contribution in [2.75, 3.05) is 6.54 Å². The SMILES string of the molecule is NN(O)CCc1ccccc1. The van der Waals surface area contributed by atoms with Gasteiger partial charge in [0, 0.05) is 6.54 Å². The van der Waals surface area contributed by atoms with Gasteiger partial charge in [0.1, 0.15) is 0 Å². The number of hydroxylamine groups is 1. The highest BCUT2D eigenvalue weighted by molar-refractivity contribution is 5.14. The number of nitrogens with two attached hydrogens (primary N) is 1. The van der Waals surface area contributed by atoms with Crippen molar-refractivity contribution in [3.8, 4) is 0 Å². The summed E-state index contributed by atoms with van der Waals surface area (Å²) in [7, 11) is 0. The van der Waals surface area contributed by atoms with Gasteiger partial charge in [0.25, 0.3) is 0 Å². The van der Waals surface area contributed by atoms with Gasteiger partial charge in [-0.05, 0) is 12.0 Å². The van der Waals surface area contributed by atoms with Crippen LogP contribution in [0.25, 0.3) is 0 Å². The first-order valence-corrected chi connectivity index (χ1v) is 3.54. The molecule has 0 bridgehead atoms. The van der Waals surface area contributed by atoms with Crippen LogP contribution in [0.4, 0.5) is 0 Å². The highest BCUT2D eigenvalue weighted by Crippen LogP contribution is 1.98. The van der Waals surface area contributed by atoms with E-state index in [4.69, 9.17) is 11.0 Å². The van der Waals surface area contributed by atoms with Gasteiger partial charge in [0.15, 0.2) is 0 Å². The molecule has 1 rings (SSSR count). The second kappa shape index (κ2) is 4.08. The van der Waals surface area contributed by atoms with E-state index in [2.05, 4.69) is 0 Å². The third-order valence-corrected chi connectivity index (χ3v) is 1.47. The van der Waals surface area contributed by atoms with Gasteiger partial charge in [-0.3, -0.25) is 5.21 Å². The summed E-state index contributed by atoms with van der Waals surface area (Å²) in [4.78, 5) is 0. The Morgan fingerprint density at radius 2 is 1.91 bits per heavy atom. The van der Waals surface area contributed by atoms with Crippen LogP contribution in [0.1, 0.15) is 5.56 Å². The zero-order chi connectivity index (χ0) is 8.10. The van der Waals surface area contributed by atoms with Crippen molar-refractivity contribution in [1.82, 2.24) is 5.17 Å². The summed E-state index contributed by atoms with van der Waals surface area (Å²) in [6.07, 6.45) is 0.772. The maximum atomic E-state index is 8.62. The molecule has 0 unspecified atom stereocenters. The molecule has 0 radical (unpaired) electrons. The molecule has 0 aliphatic heterocycles. The molecule has 0 spiro atoms. The molecule has 0 saturated heterocycles. The van der Waals surface area contributed by atoms with E-state index in [0.29, 0.717) is 11.7 Å². The standard InChI is InChI=1S/C8H12N2O/c9-10(11)7-6-8-4-2-1-3-5-8/h1-5,11H,6-7,9H2. The van der Waals surface area contributed by atoms with E-state index in [0.717, 1.165) is 6.42 Å². The summed E-state index contributed by atoms with van der Waals surface area (Å²) < 4.78 is 0. The van der Waals surface area contributed by atoms with Gasteiger partial charge < -0.3 is 0 Å². The second-order valence-corrected chi connectivity index (χ2v) is 2.40. The predicted molar refractivity (Wildman–Crippen MR) is 42.8 cm³/mol. The van der Waals surface area contributed by atoms with Gasteiger partial charge in [0.05, 0.1) is 0 Å². The van der Waals surface area contributed by atoms with Gasteiger partial charge >= 0.3 is 0 Å². The molecule has 0 aliphatic rings. The van der Waals surface area contributed by atoms with Crippen LogP contribution in [-0.2, 0) is 6.42 Å². The summed E-state index contributed by atoms with van der Waals surface area (Å²) in [6.45, 7) is 0.462. The van der Waals surface area contributed by atoms with Crippen LogP contribution >= 0.6 is 0 Å². The fraction of sp³-hybridized carbons (Fsp3) is 0.250. The molecular weight excluding hydrogens is 140 g/mol. The van der Waals surface area contributed by atoms with Crippen LogP contribution in [0.3, 0.4) is 0 Å². The Morgan fingerprint density at radius 3 is 2.45 bits per heavy atom. The van der Waals surface area contributed by atoms with Gasteiger partial charge in [0.2, 0.25) is 0 Å². The third kappa shape index (κ3) is 3.13. The van der Waals surface area contributed by atoms with E-state index < -0.39 is 0 Å². The summed E-state index contributed by atoms with van der Waals surface area (Å²) in [5, 5.41) is 9.33. The minimum Gasteiger partial charge on any atom is -0.299 e. The fourth-order valence-electron chi connectivity index (χ4n) is 0.888. The zero-order valence-corrected chi connectivity index (χ0v) is 6.27. The van der Waals surface area contributed by atoms with E-state index in [1.165, 1.54) is 5.56 Å². The lowest BCUT2D eigenvalue weighted by Crippen LogP contribution is -2.28. The molecule has 0 saturated carbocycles. The Balaban J connectivity index is 2.39. The number of hydrogen-bond acceptors (Lipinski definition) is 3. The van der Waals surface area contributed by atoms with Crippen LogP contribution in [0.2, 0.25) is 0 Å². The number of benzene rings is 1. The minimum absolute atomic E-state index is 0.462. The van der Waals surface area contributed by atoms with Crippen molar-refractivity contribution in [3.63, 3.8) is 0 Å². The first kappa shape index (κ1) is 8.20. The van der Waals surface area contributed by atoms with Gasteiger partial charge in [-0.15, -0.1) is 5.17 Å². The van der Waals surface area contributed by atoms with Gasteiger partial charge in [-0.2, -0.15) is 0 Å². The quantitative estimate of drug-likeness (QED) is 0.497. The highest BCUT2D eigenvalue weighted by Gasteiger charge is 1.93. The Morgan fingerprint density at radius 1 is 1.27 bits per heavy atom. The summed E-state index contributed by atoms with van der Waals surface area (Å²) in [5.41, 5.74) is 1.18. The average Bonchev–Trinajstić information content (AvgIpc) is 2.03. The molecule has 11 heavy (non-hydrogen) atoms. The maximum absolute atomic E-state index is 8.62. The largest absolute Gasteiger partial charge is 0.299 e. The molecule has 0 atom stereocenters. The van der Waals surface area contributed by atoms with Crippen molar-refractivity contribution in [2.45, 2.75) is 6.42 Å². The van der Waals surface area contributed by atoms with Crippen LogP contribution in [0, 0.1) is 0 Å². The van der Waals surface area contributed by atoms with E-state index in [1.54, 1.807) is 0 Å². The molecule has 0 aromatic heterocycles. The predicted octanol–water partition coefficient (Wildman–Crippen LogP) is 0.794. The van der Waals surface area contributed by atoms with E-state index in [9.17, 15) is 0 Å². The Kier molecular flexibility index (Phi) is 3.04. The van der Waals surface area contributed by atoms with E-state index in [-0.39, 0.29) is 0 Å². The average molecular weight is 152 g/mol. The van der Waals surface area contributed by atoms with E-state index in [1.807, 2.05) is 30.3 Å². The molecule has 0 fully saturated rings. The molecular formula is C8H12N2O. The van der Waals surface area contributed by atoms with Crippen molar-refractivity contribution < 1.29 is 5.21 Å². The first-order chi connectivity index (χ1) is 5.29. The number of hydrogen-bond donors (Lipinski definition) is 2. The number of hydrazine groups is 1. The lowest BCUT2D eigenvalue weighted by molar-refractivity contribution is -0.0919. The summed E-state index contributed by atoms with van der Waals surface area (Å²) in [6, 6.07) is 9.90. The van der Waals surface area contributed by atoms with Crippen molar-refractivity contribution in [2.24, 2.45) is 5.84 Å². The Hall–Kier alpha value is -0.900. The van der Waals surface area contributed by atoms with Crippen molar-refractivity contribution in [1.29, 1.82) is 0 Å². The molecule has 3 N–H and O–H groups in total. The first-order valence-electron chi connectivity index (χ1n) is 3.54. The topological polar surface area (TPSA) is 49.5 Å². The van der Waals surface area contributed by atoms with Gasteiger partial charge in [-0.1, -0.05) is 30.3 Å². The third-order valence-electron chi connectivity index (χ3n) is 1.47. The van der Waals surface area contributed by atoms with Crippen molar-refractivity contribution in [3.05, 3.63) is 35.9 Å². The fourth-order valence-corrected chi connectivity index (χ4v) is 0.888. The molecule has 3 heteroatoms. The summed E-state index contributed by atoms with van der Waals surface area (Å²) in [5.74, 6) is 5.03. The normalized spacial score (nSPS) is 10.5. The molecule has 0 heterocycles. The van der Waals surface area contributed by atoms with Crippen LogP contribution in [0.15, 0.2) is 30.3 Å². The number of nitrogens with zero attached hydrogens (tertiary/aromatic N) is 1.